The monoisotopic (exact) mass is 296 g/mol. The molecule has 6 heteroatoms. The Morgan fingerprint density at radius 3 is 2.81 bits per heavy atom. The van der Waals surface area contributed by atoms with Crippen molar-refractivity contribution in [3.63, 3.8) is 0 Å². The fourth-order valence-corrected chi connectivity index (χ4v) is 3.81. The van der Waals surface area contributed by atoms with Gasteiger partial charge in [0.15, 0.2) is 0 Å². The van der Waals surface area contributed by atoms with Crippen molar-refractivity contribution >= 4 is 11.9 Å². The lowest BCUT2D eigenvalue weighted by Crippen LogP contribution is -2.50. The molecule has 1 amide bonds. The molecule has 0 aromatic heterocycles. The van der Waals surface area contributed by atoms with Crippen LogP contribution in [0.4, 0.5) is 0 Å². The molecule has 2 saturated heterocycles. The van der Waals surface area contributed by atoms with Crippen LogP contribution in [0.3, 0.4) is 0 Å². The minimum Gasteiger partial charge on any atom is -0.481 e. The molecule has 6 nitrogen and oxygen atoms in total. The van der Waals surface area contributed by atoms with Crippen LogP contribution in [0.1, 0.15) is 32.1 Å². The summed E-state index contributed by atoms with van der Waals surface area (Å²) >= 11 is 0. The second-order valence-electron chi connectivity index (χ2n) is 6.54. The van der Waals surface area contributed by atoms with E-state index in [0.717, 1.165) is 19.7 Å². The van der Waals surface area contributed by atoms with Gasteiger partial charge in [0.05, 0.1) is 18.6 Å². The van der Waals surface area contributed by atoms with Gasteiger partial charge in [-0.25, -0.2) is 0 Å². The lowest BCUT2D eigenvalue weighted by Gasteiger charge is -2.35. The van der Waals surface area contributed by atoms with Crippen molar-refractivity contribution < 1.29 is 19.4 Å². The number of morpholine rings is 1. The largest absolute Gasteiger partial charge is 0.481 e. The molecule has 118 valence electrons. The summed E-state index contributed by atoms with van der Waals surface area (Å²) in [5.74, 6) is -1.28. The van der Waals surface area contributed by atoms with E-state index in [1.165, 1.54) is 12.8 Å². The average Bonchev–Trinajstić information content (AvgIpc) is 3.12. The van der Waals surface area contributed by atoms with Gasteiger partial charge in [-0.1, -0.05) is 0 Å². The Balaban J connectivity index is 1.41. The molecule has 2 aliphatic heterocycles. The van der Waals surface area contributed by atoms with E-state index in [2.05, 4.69) is 10.2 Å². The molecular formula is C15H24N2O4. The molecule has 1 saturated carbocycles. The number of amides is 1. The Hall–Kier alpha value is -1.14. The van der Waals surface area contributed by atoms with Crippen LogP contribution in [0, 0.1) is 11.8 Å². The van der Waals surface area contributed by atoms with Gasteiger partial charge in [0.1, 0.15) is 0 Å². The zero-order valence-corrected chi connectivity index (χ0v) is 12.3. The van der Waals surface area contributed by atoms with Crippen molar-refractivity contribution in [2.45, 2.75) is 44.2 Å². The fourth-order valence-electron chi connectivity index (χ4n) is 3.81. The second-order valence-corrected chi connectivity index (χ2v) is 6.54. The number of carbonyl (C=O) groups is 2. The van der Waals surface area contributed by atoms with Crippen LogP contribution in [0.5, 0.6) is 0 Å². The van der Waals surface area contributed by atoms with E-state index in [9.17, 15) is 9.59 Å². The third-order valence-electron chi connectivity index (χ3n) is 5.12. The number of carboxylic acids is 1. The van der Waals surface area contributed by atoms with Crippen LogP contribution in [0.2, 0.25) is 0 Å². The maximum atomic E-state index is 12.1. The topological polar surface area (TPSA) is 78.9 Å². The molecule has 0 bridgehead atoms. The Bertz CT molecular complexity index is 414. The van der Waals surface area contributed by atoms with E-state index in [1.807, 2.05) is 0 Å². The quantitative estimate of drug-likeness (QED) is 0.788. The second kappa shape index (κ2) is 6.32. The van der Waals surface area contributed by atoms with Crippen molar-refractivity contribution in [1.82, 2.24) is 10.2 Å². The van der Waals surface area contributed by atoms with Crippen LogP contribution in [0.25, 0.3) is 0 Å². The third kappa shape index (κ3) is 3.37. The highest BCUT2D eigenvalue weighted by Crippen LogP contribution is 2.31. The number of nitrogens with zero attached hydrogens (tertiary/aromatic N) is 1. The third-order valence-corrected chi connectivity index (χ3v) is 5.12. The smallest absolute Gasteiger partial charge is 0.306 e. The number of carbonyl (C=O) groups excluding carboxylic acids is 1. The minimum atomic E-state index is -0.777. The summed E-state index contributed by atoms with van der Waals surface area (Å²) in [6.07, 6.45) is 4.30. The maximum absolute atomic E-state index is 12.1. The number of rotatable bonds is 4. The SMILES string of the molecule is O=C(O)C1CCC(C(=O)NCC2CN3CCCC3CO2)C1. The van der Waals surface area contributed by atoms with Crippen molar-refractivity contribution in [3.8, 4) is 0 Å². The lowest BCUT2D eigenvalue weighted by molar-refractivity contribution is -0.141. The normalized spacial score (nSPS) is 36.4. The first-order valence-electron chi connectivity index (χ1n) is 7.99. The van der Waals surface area contributed by atoms with Gasteiger partial charge in [-0.3, -0.25) is 14.5 Å². The van der Waals surface area contributed by atoms with E-state index < -0.39 is 5.97 Å². The molecule has 3 rings (SSSR count). The Morgan fingerprint density at radius 2 is 2.05 bits per heavy atom. The molecule has 2 heterocycles. The summed E-state index contributed by atoms with van der Waals surface area (Å²) in [5, 5.41) is 11.9. The first kappa shape index (κ1) is 14.8. The summed E-state index contributed by atoms with van der Waals surface area (Å²) in [7, 11) is 0. The number of nitrogens with one attached hydrogen (secondary N) is 1. The van der Waals surface area contributed by atoms with Gasteiger partial charge in [0.2, 0.25) is 5.91 Å². The molecule has 0 radical (unpaired) electrons. The van der Waals surface area contributed by atoms with Crippen LogP contribution in [-0.2, 0) is 14.3 Å². The van der Waals surface area contributed by atoms with Crippen molar-refractivity contribution in [2.24, 2.45) is 11.8 Å². The van der Waals surface area contributed by atoms with Crippen LogP contribution in [0.15, 0.2) is 0 Å². The average molecular weight is 296 g/mol. The standard InChI is InChI=1S/C15H24N2O4/c18-14(10-3-4-11(6-10)15(19)20)16-7-13-8-17-5-1-2-12(17)9-21-13/h10-13H,1-9H2,(H,16,18)(H,19,20). The van der Waals surface area contributed by atoms with Crippen molar-refractivity contribution in [2.75, 3.05) is 26.2 Å². The first-order chi connectivity index (χ1) is 10.1. The molecule has 1 aliphatic carbocycles. The summed E-state index contributed by atoms with van der Waals surface area (Å²) in [6, 6.07) is 0.572. The number of hydrogen-bond acceptors (Lipinski definition) is 4. The fraction of sp³-hybridized carbons (Fsp3) is 0.867. The zero-order chi connectivity index (χ0) is 14.8. The number of carboxylic acid groups (broad SMARTS) is 1. The lowest BCUT2D eigenvalue weighted by atomic mass is 10.0. The van der Waals surface area contributed by atoms with E-state index in [4.69, 9.17) is 9.84 Å². The molecule has 4 atom stereocenters. The van der Waals surface area contributed by atoms with Gasteiger partial charge in [0.25, 0.3) is 0 Å². The molecule has 3 aliphatic rings. The highest BCUT2D eigenvalue weighted by atomic mass is 16.5. The van der Waals surface area contributed by atoms with Crippen LogP contribution >= 0.6 is 0 Å². The molecular weight excluding hydrogens is 272 g/mol. The zero-order valence-electron chi connectivity index (χ0n) is 12.3. The predicted molar refractivity (Wildman–Crippen MR) is 75.8 cm³/mol. The van der Waals surface area contributed by atoms with Crippen LogP contribution in [-0.4, -0.2) is 60.3 Å². The maximum Gasteiger partial charge on any atom is 0.306 e. The van der Waals surface area contributed by atoms with Gasteiger partial charge in [0, 0.05) is 25.0 Å². The predicted octanol–water partition coefficient (Wildman–Crippen LogP) is 0.467. The molecule has 0 aromatic rings. The van der Waals surface area contributed by atoms with E-state index >= 15 is 0 Å². The first-order valence-corrected chi connectivity index (χ1v) is 7.99. The molecule has 0 spiro atoms. The number of ether oxygens (including phenoxy) is 1. The van der Waals surface area contributed by atoms with E-state index in [-0.39, 0.29) is 23.8 Å². The van der Waals surface area contributed by atoms with Gasteiger partial charge >= 0.3 is 5.97 Å². The summed E-state index contributed by atoms with van der Waals surface area (Å²) < 4.78 is 5.81. The van der Waals surface area contributed by atoms with Gasteiger partial charge in [-0.05, 0) is 38.6 Å². The Kier molecular flexibility index (Phi) is 4.45. The Morgan fingerprint density at radius 1 is 1.24 bits per heavy atom. The van der Waals surface area contributed by atoms with Crippen molar-refractivity contribution in [3.05, 3.63) is 0 Å². The highest BCUT2D eigenvalue weighted by molar-refractivity contribution is 5.80. The molecule has 0 aromatic carbocycles. The molecule has 21 heavy (non-hydrogen) atoms. The summed E-state index contributed by atoms with van der Waals surface area (Å²) in [5.41, 5.74) is 0. The highest BCUT2D eigenvalue weighted by Gasteiger charge is 2.35. The number of hydrogen-bond donors (Lipinski definition) is 2. The van der Waals surface area contributed by atoms with Gasteiger partial charge in [-0.15, -0.1) is 0 Å². The Labute approximate surface area is 124 Å². The van der Waals surface area contributed by atoms with E-state index in [1.54, 1.807) is 0 Å². The van der Waals surface area contributed by atoms with Gasteiger partial charge < -0.3 is 15.2 Å². The molecule has 3 fully saturated rings. The van der Waals surface area contributed by atoms with Gasteiger partial charge in [-0.2, -0.15) is 0 Å². The summed E-state index contributed by atoms with van der Waals surface area (Å²) in [4.78, 5) is 25.5. The number of fused-ring (bicyclic) bond motifs is 1. The molecule has 4 unspecified atom stereocenters. The van der Waals surface area contributed by atoms with Crippen LogP contribution < -0.4 is 5.32 Å². The summed E-state index contributed by atoms with van der Waals surface area (Å²) in [6.45, 7) is 3.34. The number of aliphatic carboxylic acids is 1. The molecule has 2 N–H and O–H groups in total. The minimum absolute atomic E-state index is 0.00843. The van der Waals surface area contributed by atoms with E-state index in [0.29, 0.717) is 31.8 Å². The van der Waals surface area contributed by atoms with Crippen molar-refractivity contribution in [1.29, 1.82) is 0 Å².